The fourth-order valence-corrected chi connectivity index (χ4v) is 1.94. The van der Waals surface area contributed by atoms with Gasteiger partial charge in [0.1, 0.15) is 0 Å². The molecule has 0 aliphatic carbocycles. The van der Waals surface area contributed by atoms with Crippen LogP contribution in [0.25, 0.3) is 11.6 Å². The minimum Gasteiger partial charge on any atom is -0.342 e. The molecular weight excluding hydrogens is 228 g/mol. The summed E-state index contributed by atoms with van der Waals surface area (Å²) in [6.07, 6.45) is 12.1. The topological polar surface area (TPSA) is 64.3 Å². The molecule has 0 bridgehead atoms. The lowest BCUT2D eigenvalue weighted by Gasteiger charge is -2.04. The molecule has 0 aliphatic rings. The summed E-state index contributed by atoms with van der Waals surface area (Å²) in [5, 5.41) is 4.16. The molecule has 0 unspecified atom stereocenters. The lowest BCUT2D eigenvalue weighted by molar-refractivity contribution is 0.698. The van der Waals surface area contributed by atoms with E-state index in [4.69, 9.17) is 0 Å². The SMILES string of the molecule is Cn1cc(CCn2ccnc2-c2ncc[nH]2)cn1. The van der Waals surface area contributed by atoms with Crippen LogP contribution in [-0.4, -0.2) is 29.3 Å². The van der Waals surface area contributed by atoms with E-state index in [9.17, 15) is 0 Å². The Labute approximate surface area is 104 Å². The van der Waals surface area contributed by atoms with Crippen molar-refractivity contribution in [3.63, 3.8) is 0 Å². The quantitative estimate of drug-likeness (QED) is 0.748. The number of rotatable bonds is 4. The van der Waals surface area contributed by atoms with Crippen LogP contribution in [0.2, 0.25) is 0 Å². The number of nitrogens with zero attached hydrogens (tertiary/aromatic N) is 5. The van der Waals surface area contributed by atoms with Gasteiger partial charge in [-0.05, 0) is 12.0 Å². The first-order chi connectivity index (χ1) is 8.83. The molecule has 3 heterocycles. The Morgan fingerprint density at radius 1 is 1.28 bits per heavy atom. The molecule has 18 heavy (non-hydrogen) atoms. The molecule has 6 nitrogen and oxygen atoms in total. The van der Waals surface area contributed by atoms with Crippen LogP contribution in [0.1, 0.15) is 5.56 Å². The molecule has 0 aromatic carbocycles. The molecule has 0 atom stereocenters. The van der Waals surface area contributed by atoms with Crippen molar-refractivity contribution < 1.29 is 0 Å². The number of H-pyrrole nitrogens is 1. The van der Waals surface area contributed by atoms with Crippen LogP contribution in [0.3, 0.4) is 0 Å². The van der Waals surface area contributed by atoms with Crippen LogP contribution in [0.4, 0.5) is 0 Å². The standard InChI is InChI=1S/C12H14N6/c1-17-9-10(8-16-17)2-6-18-7-5-15-12(18)11-13-3-4-14-11/h3-5,7-9H,2,6H2,1H3,(H,13,14). The molecule has 3 rings (SSSR count). The van der Waals surface area contributed by atoms with Gasteiger partial charge in [0.05, 0.1) is 6.20 Å². The van der Waals surface area contributed by atoms with E-state index in [2.05, 4.69) is 24.6 Å². The van der Waals surface area contributed by atoms with E-state index in [1.165, 1.54) is 5.56 Å². The van der Waals surface area contributed by atoms with E-state index in [1.54, 1.807) is 18.6 Å². The lowest BCUT2D eigenvalue weighted by Crippen LogP contribution is -2.03. The Morgan fingerprint density at radius 3 is 2.94 bits per heavy atom. The van der Waals surface area contributed by atoms with E-state index >= 15 is 0 Å². The molecule has 3 aromatic heterocycles. The molecule has 0 saturated carbocycles. The van der Waals surface area contributed by atoms with E-state index in [0.29, 0.717) is 0 Å². The smallest absolute Gasteiger partial charge is 0.176 e. The Kier molecular flexibility index (Phi) is 2.68. The molecule has 0 saturated heterocycles. The minimum atomic E-state index is 0.797. The van der Waals surface area contributed by atoms with Gasteiger partial charge >= 0.3 is 0 Å². The average molecular weight is 242 g/mol. The summed E-state index contributed by atoms with van der Waals surface area (Å²) in [5.74, 6) is 1.66. The maximum Gasteiger partial charge on any atom is 0.176 e. The molecule has 0 fully saturated rings. The maximum atomic E-state index is 4.32. The third-order valence-electron chi connectivity index (χ3n) is 2.83. The van der Waals surface area contributed by atoms with Crippen LogP contribution < -0.4 is 0 Å². The second kappa shape index (κ2) is 4.48. The Bertz CT molecular complexity index is 619. The van der Waals surface area contributed by atoms with Crippen LogP contribution in [-0.2, 0) is 20.0 Å². The summed E-state index contributed by atoms with van der Waals surface area (Å²) in [4.78, 5) is 11.6. The van der Waals surface area contributed by atoms with Crippen LogP contribution >= 0.6 is 0 Å². The molecule has 0 radical (unpaired) electrons. The number of hydrogen-bond donors (Lipinski definition) is 1. The summed E-state index contributed by atoms with van der Waals surface area (Å²) < 4.78 is 3.91. The summed E-state index contributed by atoms with van der Waals surface area (Å²) in [7, 11) is 1.93. The predicted molar refractivity (Wildman–Crippen MR) is 66.7 cm³/mol. The van der Waals surface area contributed by atoms with Gasteiger partial charge < -0.3 is 9.55 Å². The average Bonchev–Trinajstić information content (AvgIpc) is 3.07. The van der Waals surface area contributed by atoms with Gasteiger partial charge in [0.25, 0.3) is 0 Å². The Hall–Kier alpha value is -2.37. The monoisotopic (exact) mass is 242 g/mol. The van der Waals surface area contributed by atoms with Crippen LogP contribution in [0.5, 0.6) is 0 Å². The van der Waals surface area contributed by atoms with Gasteiger partial charge in [-0.3, -0.25) is 4.68 Å². The van der Waals surface area contributed by atoms with Gasteiger partial charge in [-0.25, -0.2) is 9.97 Å². The maximum absolute atomic E-state index is 4.32. The van der Waals surface area contributed by atoms with Crippen molar-refractivity contribution in [3.05, 3.63) is 42.7 Å². The zero-order chi connectivity index (χ0) is 12.4. The van der Waals surface area contributed by atoms with Gasteiger partial charge in [0, 0.05) is 44.6 Å². The number of imidazole rings is 2. The Morgan fingerprint density at radius 2 is 2.22 bits per heavy atom. The van der Waals surface area contributed by atoms with E-state index in [0.717, 1.165) is 24.6 Å². The fraction of sp³-hybridized carbons (Fsp3) is 0.250. The Balaban J connectivity index is 1.76. The summed E-state index contributed by atoms with van der Waals surface area (Å²) in [5.41, 5.74) is 1.22. The first-order valence-electron chi connectivity index (χ1n) is 5.81. The second-order valence-electron chi connectivity index (χ2n) is 4.15. The molecule has 0 amide bonds. The van der Waals surface area contributed by atoms with Gasteiger partial charge in [0.2, 0.25) is 0 Å². The van der Waals surface area contributed by atoms with E-state index in [-0.39, 0.29) is 0 Å². The fourth-order valence-electron chi connectivity index (χ4n) is 1.94. The van der Waals surface area contributed by atoms with Crippen LogP contribution in [0, 0.1) is 0 Å². The first-order valence-corrected chi connectivity index (χ1v) is 5.81. The lowest BCUT2D eigenvalue weighted by atomic mass is 10.2. The highest BCUT2D eigenvalue weighted by molar-refractivity contribution is 5.43. The van der Waals surface area contributed by atoms with Gasteiger partial charge in [-0.15, -0.1) is 0 Å². The van der Waals surface area contributed by atoms with E-state index in [1.807, 2.05) is 30.3 Å². The van der Waals surface area contributed by atoms with Crippen molar-refractivity contribution >= 4 is 0 Å². The van der Waals surface area contributed by atoms with Gasteiger partial charge in [-0.1, -0.05) is 0 Å². The zero-order valence-electron chi connectivity index (χ0n) is 10.1. The normalized spacial score (nSPS) is 10.9. The van der Waals surface area contributed by atoms with Gasteiger partial charge in [0.15, 0.2) is 11.6 Å². The van der Waals surface area contributed by atoms with Crippen molar-refractivity contribution in [3.8, 4) is 11.6 Å². The molecule has 92 valence electrons. The van der Waals surface area contributed by atoms with E-state index < -0.39 is 0 Å². The molecule has 3 aromatic rings. The molecule has 0 spiro atoms. The zero-order valence-corrected chi connectivity index (χ0v) is 10.1. The molecule has 1 N–H and O–H groups in total. The van der Waals surface area contributed by atoms with Gasteiger partial charge in [-0.2, -0.15) is 5.10 Å². The minimum absolute atomic E-state index is 0.797. The summed E-state index contributed by atoms with van der Waals surface area (Å²) >= 11 is 0. The van der Waals surface area contributed by atoms with Crippen molar-refractivity contribution in [1.82, 2.24) is 29.3 Å². The number of nitrogens with one attached hydrogen (secondary N) is 1. The van der Waals surface area contributed by atoms with Crippen molar-refractivity contribution in [1.29, 1.82) is 0 Å². The van der Waals surface area contributed by atoms with Crippen molar-refractivity contribution in [2.75, 3.05) is 0 Å². The van der Waals surface area contributed by atoms with Crippen LogP contribution in [0.15, 0.2) is 37.2 Å². The molecule has 0 aliphatic heterocycles. The highest BCUT2D eigenvalue weighted by atomic mass is 15.2. The number of aromatic nitrogens is 6. The number of aryl methyl sites for hydroxylation is 3. The molecule has 6 heteroatoms. The second-order valence-corrected chi connectivity index (χ2v) is 4.15. The third kappa shape index (κ3) is 2.04. The number of hydrogen-bond acceptors (Lipinski definition) is 3. The predicted octanol–water partition coefficient (Wildman–Crippen LogP) is 1.25. The number of aromatic amines is 1. The highest BCUT2D eigenvalue weighted by Crippen LogP contribution is 2.12. The van der Waals surface area contributed by atoms with Crippen molar-refractivity contribution in [2.45, 2.75) is 13.0 Å². The highest BCUT2D eigenvalue weighted by Gasteiger charge is 2.07. The first kappa shape index (κ1) is 10.8. The summed E-state index contributed by atoms with van der Waals surface area (Å²) in [6, 6.07) is 0. The van der Waals surface area contributed by atoms with Crippen molar-refractivity contribution in [2.24, 2.45) is 7.05 Å². The molecular formula is C12H14N6. The third-order valence-corrected chi connectivity index (χ3v) is 2.83. The largest absolute Gasteiger partial charge is 0.342 e. The summed E-state index contributed by atoms with van der Waals surface area (Å²) in [6.45, 7) is 0.863.